The van der Waals surface area contributed by atoms with Crippen LogP contribution >= 0.6 is 0 Å². The molecule has 0 aromatic carbocycles. The molecule has 0 saturated heterocycles. The fourth-order valence-electron chi connectivity index (χ4n) is 1.51. The van der Waals surface area contributed by atoms with Crippen molar-refractivity contribution in [1.82, 2.24) is 14.9 Å². The van der Waals surface area contributed by atoms with Crippen molar-refractivity contribution in [2.75, 3.05) is 19.0 Å². The standard InChI is InChI=1S/C12H14N4O4/c1-8-7-10(15-20-8)13-12(18)9-3-4-11(17)16(14-9)5-6-19-2/h3-4,7H,5-6H2,1-2H3,(H,13,15,18). The van der Waals surface area contributed by atoms with Gasteiger partial charge in [0.05, 0.1) is 13.2 Å². The van der Waals surface area contributed by atoms with E-state index < -0.39 is 5.91 Å². The molecule has 0 aliphatic heterocycles. The van der Waals surface area contributed by atoms with Gasteiger partial charge in [-0.1, -0.05) is 5.16 Å². The number of carbonyl (C=O) groups excluding carboxylic acids is 1. The molecule has 2 aromatic heterocycles. The highest BCUT2D eigenvalue weighted by atomic mass is 16.5. The highest BCUT2D eigenvalue weighted by Gasteiger charge is 2.12. The summed E-state index contributed by atoms with van der Waals surface area (Å²) in [6, 6.07) is 4.22. The first-order chi connectivity index (χ1) is 9.60. The second-order valence-corrected chi connectivity index (χ2v) is 4.05. The maximum atomic E-state index is 12.0. The minimum Gasteiger partial charge on any atom is -0.383 e. The molecule has 2 heterocycles. The van der Waals surface area contributed by atoms with Crippen molar-refractivity contribution < 1.29 is 14.1 Å². The van der Waals surface area contributed by atoms with Gasteiger partial charge >= 0.3 is 0 Å². The van der Waals surface area contributed by atoms with Crippen LogP contribution in [0.2, 0.25) is 0 Å². The number of rotatable bonds is 5. The van der Waals surface area contributed by atoms with E-state index in [0.717, 1.165) is 0 Å². The maximum absolute atomic E-state index is 12.0. The van der Waals surface area contributed by atoms with Gasteiger partial charge in [0, 0.05) is 19.2 Å². The molecule has 2 aromatic rings. The molecule has 0 aliphatic rings. The number of nitrogens with zero attached hydrogens (tertiary/aromatic N) is 3. The van der Waals surface area contributed by atoms with Crippen LogP contribution in [0.15, 0.2) is 27.5 Å². The number of hydrogen-bond acceptors (Lipinski definition) is 6. The molecule has 0 atom stereocenters. The van der Waals surface area contributed by atoms with Crippen molar-refractivity contribution in [2.45, 2.75) is 13.5 Å². The van der Waals surface area contributed by atoms with Crippen LogP contribution in [0.3, 0.4) is 0 Å². The van der Waals surface area contributed by atoms with Gasteiger partial charge in [-0.05, 0) is 13.0 Å². The topological polar surface area (TPSA) is 99.2 Å². The molecule has 0 fully saturated rings. The Balaban J connectivity index is 2.15. The predicted molar refractivity (Wildman–Crippen MR) is 69.6 cm³/mol. The summed E-state index contributed by atoms with van der Waals surface area (Å²) >= 11 is 0. The molecule has 2 rings (SSSR count). The molecule has 20 heavy (non-hydrogen) atoms. The lowest BCUT2D eigenvalue weighted by Crippen LogP contribution is -2.27. The zero-order valence-electron chi connectivity index (χ0n) is 11.1. The molecule has 8 nitrogen and oxygen atoms in total. The van der Waals surface area contributed by atoms with Crippen LogP contribution in [0.4, 0.5) is 5.82 Å². The normalized spacial score (nSPS) is 10.5. The second-order valence-electron chi connectivity index (χ2n) is 4.05. The molecular formula is C12H14N4O4. The van der Waals surface area contributed by atoms with Crippen molar-refractivity contribution in [3.05, 3.63) is 40.0 Å². The summed E-state index contributed by atoms with van der Waals surface area (Å²) in [7, 11) is 1.52. The Hall–Kier alpha value is -2.48. The largest absolute Gasteiger partial charge is 0.383 e. The van der Waals surface area contributed by atoms with E-state index in [4.69, 9.17) is 9.26 Å². The Morgan fingerprint density at radius 2 is 2.30 bits per heavy atom. The van der Waals surface area contributed by atoms with Gasteiger partial charge in [-0.15, -0.1) is 0 Å². The summed E-state index contributed by atoms with van der Waals surface area (Å²) in [5, 5.41) is 10.1. The lowest BCUT2D eigenvalue weighted by molar-refractivity contribution is 0.101. The SMILES string of the molecule is COCCn1nc(C(=O)Nc2cc(C)on2)ccc1=O. The second kappa shape index (κ2) is 6.11. The molecule has 8 heteroatoms. The van der Waals surface area contributed by atoms with Gasteiger partial charge in [0.2, 0.25) is 0 Å². The van der Waals surface area contributed by atoms with E-state index in [2.05, 4.69) is 15.6 Å². The molecule has 106 valence electrons. The third kappa shape index (κ3) is 3.29. The Labute approximate surface area is 114 Å². The molecular weight excluding hydrogens is 264 g/mol. The first-order valence-corrected chi connectivity index (χ1v) is 5.92. The maximum Gasteiger partial charge on any atom is 0.277 e. The number of methoxy groups -OCH3 is 1. The van der Waals surface area contributed by atoms with Crippen LogP contribution in [0.5, 0.6) is 0 Å². The van der Waals surface area contributed by atoms with E-state index in [1.54, 1.807) is 13.0 Å². The minimum absolute atomic E-state index is 0.112. The van der Waals surface area contributed by atoms with E-state index in [0.29, 0.717) is 18.2 Å². The predicted octanol–water partition coefficient (Wildman–Crippen LogP) is 0.438. The zero-order chi connectivity index (χ0) is 14.5. The highest BCUT2D eigenvalue weighted by molar-refractivity contribution is 6.02. The van der Waals surface area contributed by atoms with Crippen molar-refractivity contribution in [2.24, 2.45) is 0 Å². The molecule has 0 radical (unpaired) electrons. The molecule has 1 N–H and O–H groups in total. The van der Waals surface area contributed by atoms with Crippen molar-refractivity contribution in [3.63, 3.8) is 0 Å². The van der Waals surface area contributed by atoms with E-state index in [-0.39, 0.29) is 17.8 Å². The molecule has 0 unspecified atom stereocenters. The summed E-state index contributed by atoms with van der Waals surface area (Å²) in [5.74, 6) is 0.409. The fraction of sp³-hybridized carbons (Fsp3) is 0.333. The van der Waals surface area contributed by atoms with Crippen molar-refractivity contribution >= 4 is 11.7 Å². The average molecular weight is 278 g/mol. The van der Waals surface area contributed by atoms with E-state index in [9.17, 15) is 9.59 Å². The van der Waals surface area contributed by atoms with E-state index >= 15 is 0 Å². The average Bonchev–Trinajstić information content (AvgIpc) is 2.83. The number of aryl methyl sites for hydroxylation is 1. The summed E-state index contributed by atoms with van der Waals surface area (Å²) in [5.41, 5.74) is -0.183. The Bertz CT molecular complexity index is 661. The van der Waals surface area contributed by atoms with Crippen LogP contribution in [-0.4, -0.2) is 34.6 Å². The molecule has 0 spiro atoms. The fourth-order valence-corrected chi connectivity index (χ4v) is 1.51. The number of ether oxygens (including phenoxy) is 1. The third-order valence-corrected chi connectivity index (χ3v) is 2.48. The van der Waals surface area contributed by atoms with Crippen molar-refractivity contribution in [3.8, 4) is 0 Å². The lowest BCUT2D eigenvalue weighted by atomic mass is 10.3. The van der Waals surface area contributed by atoms with Crippen LogP contribution in [0.25, 0.3) is 0 Å². The molecule has 0 aliphatic carbocycles. The van der Waals surface area contributed by atoms with Crippen LogP contribution in [0.1, 0.15) is 16.2 Å². The Kier molecular flexibility index (Phi) is 4.26. The first-order valence-electron chi connectivity index (χ1n) is 5.92. The minimum atomic E-state index is -0.468. The number of amides is 1. The van der Waals surface area contributed by atoms with Gasteiger partial charge in [0.1, 0.15) is 11.5 Å². The zero-order valence-corrected chi connectivity index (χ0v) is 11.1. The number of aromatic nitrogens is 3. The summed E-state index contributed by atoms with van der Waals surface area (Å²) in [6.07, 6.45) is 0. The lowest BCUT2D eigenvalue weighted by Gasteiger charge is -2.05. The quantitative estimate of drug-likeness (QED) is 0.851. The van der Waals surface area contributed by atoms with Gasteiger partial charge in [-0.3, -0.25) is 9.59 Å². The third-order valence-electron chi connectivity index (χ3n) is 2.48. The smallest absolute Gasteiger partial charge is 0.277 e. The van der Waals surface area contributed by atoms with Crippen molar-refractivity contribution in [1.29, 1.82) is 0 Å². The van der Waals surface area contributed by atoms with E-state index in [1.165, 1.54) is 23.9 Å². The monoisotopic (exact) mass is 278 g/mol. The Morgan fingerprint density at radius 1 is 1.50 bits per heavy atom. The number of carbonyl (C=O) groups is 1. The summed E-state index contributed by atoms with van der Waals surface area (Å²) < 4.78 is 10.9. The number of anilines is 1. The number of nitrogens with one attached hydrogen (secondary N) is 1. The van der Waals surface area contributed by atoms with Crippen LogP contribution in [0, 0.1) is 6.92 Å². The highest BCUT2D eigenvalue weighted by Crippen LogP contribution is 2.08. The molecule has 1 amide bonds. The van der Waals surface area contributed by atoms with Crippen LogP contribution < -0.4 is 10.9 Å². The van der Waals surface area contributed by atoms with Gasteiger partial charge < -0.3 is 14.6 Å². The van der Waals surface area contributed by atoms with Crippen LogP contribution in [-0.2, 0) is 11.3 Å². The molecule has 0 bridgehead atoms. The Morgan fingerprint density at radius 3 is 2.95 bits per heavy atom. The number of hydrogen-bond donors (Lipinski definition) is 1. The van der Waals surface area contributed by atoms with E-state index in [1.807, 2.05) is 0 Å². The van der Waals surface area contributed by atoms with Gasteiger partial charge in [0.15, 0.2) is 5.82 Å². The van der Waals surface area contributed by atoms with Gasteiger partial charge in [-0.25, -0.2) is 4.68 Å². The molecule has 0 saturated carbocycles. The first kappa shape index (κ1) is 13.9. The van der Waals surface area contributed by atoms with Gasteiger partial charge in [-0.2, -0.15) is 5.10 Å². The van der Waals surface area contributed by atoms with Gasteiger partial charge in [0.25, 0.3) is 11.5 Å². The summed E-state index contributed by atoms with van der Waals surface area (Å²) in [6.45, 7) is 2.33. The summed E-state index contributed by atoms with van der Waals surface area (Å²) in [4.78, 5) is 23.5.